The predicted octanol–water partition coefficient (Wildman–Crippen LogP) is 2.31. The van der Waals surface area contributed by atoms with Crippen molar-refractivity contribution in [2.75, 3.05) is 26.3 Å². The molecular formula is C19H26N2O4. The van der Waals surface area contributed by atoms with Crippen molar-refractivity contribution in [1.29, 1.82) is 0 Å². The molecule has 0 aliphatic rings. The number of nitrogens with one attached hydrogen (secondary N) is 1. The molecule has 25 heavy (non-hydrogen) atoms. The Hall–Kier alpha value is -2.34. The molecule has 136 valence electrons. The van der Waals surface area contributed by atoms with Crippen molar-refractivity contribution < 1.29 is 14.6 Å². The van der Waals surface area contributed by atoms with E-state index in [9.17, 15) is 9.59 Å². The maximum absolute atomic E-state index is 12.2. The van der Waals surface area contributed by atoms with E-state index in [1.54, 1.807) is 17.0 Å². The Labute approximate surface area is 147 Å². The number of amides is 1. The molecule has 0 fully saturated rings. The molecule has 1 aromatic heterocycles. The summed E-state index contributed by atoms with van der Waals surface area (Å²) in [7, 11) is 0. The first-order valence-electron chi connectivity index (χ1n) is 8.78. The first kappa shape index (κ1) is 19.0. The average Bonchev–Trinajstić information content (AvgIpc) is 2.62. The fraction of sp³-hybridized carbons (Fsp3) is 0.474. The number of aliphatic hydroxyl groups is 1. The Bertz CT molecular complexity index is 742. The van der Waals surface area contributed by atoms with Gasteiger partial charge in [0.2, 0.25) is 11.5 Å². The number of carbonyl (C=O) groups is 1. The Morgan fingerprint density at radius 2 is 2.04 bits per heavy atom. The summed E-state index contributed by atoms with van der Waals surface area (Å²) in [5, 5.41) is 9.97. The minimum absolute atomic E-state index is 0.00879. The molecule has 0 bridgehead atoms. The number of rotatable bonds is 10. The average molecular weight is 346 g/mol. The quantitative estimate of drug-likeness (QED) is 0.647. The van der Waals surface area contributed by atoms with Gasteiger partial charge in [0.1, 0.15) is 5.75 Å². The molecule has 0 atom stereocenters. The highest BCUT2D eigenvalue weighted by molar-refractivity contribution is 5.79. The van der Waals surface area contributed by atoms with Crippen LogP contribution in [0.5, 0.6) is 5.75 Å². The number of pyridine rings is 1. The largest absolute Gasteiger partial charge is 0.494 e. The van der Waals surface area contributed by atoms with Crippen LogP contribution in [0.1, 0.15) is 32.6 Å². The molecule has 0 aliphatic carbocycles. The molecular weight excluding hydrogens is 320 g/mol. The number of hydrogen-bond acceptors (Lipinski definition) is 4. The van der Waals surface area contributed by atoms with Gasteiger partial charge in [-0.05, 0) is 37.1 Å². The van der Waals surface area contributed by atoms with Crippen molar-refractivity contribution in [2.24, 2.45) is 0 Å². The normalized spacial score (nSPS) is 10.8. The van der Waals surface area contributed by atoms with Gasteiger partial charge in [-0.2, -0.15) is 0 Å². The molecule has 0 aliphatic heterocycles. The molecule has 1 heterocycles. The minimum atomic E-state index is -0.129. The number of benzene rings is 1. The molecule has 0 saturated heterocycles. The van der Waals surface area contributed by atoms with Crippen molar-refractivity contribution in [3.63, 3.8) is 0 Å². The summed E-state index contributed by atoms with van der Waals surface area (Å²) < 4.78 is 5.70. The van der Waals surface area contributed by atoms with E-state index in [1.807, 2.05) is 12.1 Å². The van der Waals surface area contributed by atoms with E-state index < -0.39 is 0 Å². The van der Waals surface area contributed by atoms with Crippen molar-refractivity contribution in [3.8, 4) is 5.75 Å². The lowest BCUT2D eigenvalue weighted by molar-refractivity contribution is -0.132. The molecule has 1 amide bonds. The maximum Gasteiger partial charge on any atom is 0.248 e. The van der Waals surface area contributed by atoms with Crippen LogP contribution in [-0.4, -0.2) is 47.2 Å². The van der Waals surface area contributed by atoms with Crippen LogP contribution in [0.2, 0.25) is 0 Å². The number of nitrogens with zero attached hydrogens (tertiary/aromatic N) is 1. The van der Waals surface area contributed by atoms with Gasteiger partial charge in [-0.15, -0.1) is 0 Å². The molecule has 1 aromatic carbocycles. The molecule has 2 aromatic rings. The summed E-state index contributed by atoms with van der Waals surface area (Å²) in [6, 6.07) is 8.72. The van der Waals surface area contributed by atoms with E-state index >= 15 is 0 Å². The third-order valence-corrected chi connectivity index (χ3v) is 4.00. The first-order valence-corrected chi connectivity index (χ1v) is 8.78. The Balaban J connectivity index is 1.80. The third kappa shape index (κ3) is 5.90. The SMILES string of the molecule is CCCCN(CCO)C(=O)CCCOc1ccc2[nH]c(=O)ccc2c1. The number of aromatic nitrogens is 1. The smallest absolute Gasteiger partial charge is 0.248 e. The van der Waals surface area contributed by atoms with E-state index in [1.165, 1.54) is 6.07 Å². The number of H-pyrrole nitrogens is 1. The monoisotopic (exact) mass is 346 g/mol. The summed E-state index contributed by atoms with van der Waals surface area (Å²) in [6.07, 6.45) is 2.99. The second-order valence-corrected chi connectivity index (χ2v) is 5.98. The molecule has 6 heteroatoms. The highest BCUT2D eigenvalue weighted by Crippen LogP contribution is 2.18. The third-order valence-electron chi connectivity index (χ3n) is 4.00. The van der Waals surface area contributed by atoms with Gasteiger partial charge < -0.3 is 19.7 Å². The minimum Gasteiger partial charge on any atom is -0.494 e. The molecule has 2 rings (SSSR count). The molecule has 0 saturated carbocycles. The Morgan fingerprint density at radius 3 is 2.80 bits per heavy atom. The van der Waals surface area contributed by atoms with Crippen LogP contribution in [0.3, 0.4) is 0 Å². The van der Waals surface area contributed by atoms with Crippen LogP contribution in [-0.2, 0) is 4.79 Å². The van der Waals surface area contributed by atoms with Crippen molar-refractivity contribution in [3.05, 3.63) is 40.7 Å². The standard InChI is InChI=1S/C19H26N2O4/c1-2-3-10-21(11-12-22)19(24)5-4-13-25-16-7-8-17-15(14-16)6-9-18(23)20-17/h6-9,14,22H,2-5,10-13H2,1H3,(H,20,23). The topological polar surface area (TPSA) is 82.6 Å². The summed E-state index contributed by atoms with van der Waals surface area (Å²) >= 11 is 0. The highest BCUT2D eigenvalue weighted by atomic mass is 16.5. The van der Waals surface area contributed by atoms with Crippen LogP contribution < -0.4 is 10.3 Å². The van der Waals surface area contributed by atoms with Gasteiger partial charge >= 0.3 is 0 Å². The Kier molecular flexibility index (Phi) is 7.47. The van der Waals surface area contributed by atoms with E-state index in [4.69, 9.17) is 9.84 Å². The van der Waals surface area contributed by atoms with E-state index in [-0.39, 0.29) is 18.1 Å². The zero-order chi connectivity index (χ0) is 18.1. The molecule has 6 nitrogen and oxygen atoms in total. The van der Waals surface area contributed by atoms with Crippen molar-refractivity contribution >= 4 is 16.8 Å². The van der Waals surface area contributed by atoms with Gasteiger partial charge in [0, 0.05) is 36.5 Å². The Morgan fingerprint density at radius 1 is 1.20 bits per heavy atom. The van der Waals surface area contributed by atoms with Gasteiger partial charge in [-0.3, -0.25) is 9.59 Å². The van der Waals surface area contributed by atoms with Crippen LogP contribution in [0.15, 0.2) is 35.1 Å². The van der Waals surface area contributed by atoms with Crippen LogP contribution in [0.25, 0.3) is 10.9 Å². The number of aliphatic hydroxyl groups excluding tert-OH is 1. The number of fused-ring (bicyclic) bond motifs is 1. The first-order chi connectivity index (χ1) is 12.1. The molecule has 0 unspecified atom stereocenters. The molecule has 2 N–H and O–H groups in total. The van der Waals surface area contributed by atoms with Gasteiger partial charge in [0.05, 0.1) is 13.2 Å². The van der Waals surface area contributed by atoms with Crippen LogP contribution >= 0.6 is 0 Å². The highest BCUT2D eigenvalue weighted by Gasteiger charge is 2.12. The van der Waals surface area contributed by atoms with Crippen molar-refractivity contribution in [1.82, 2.24) is 9.88 Å². The van der Waals surface area contributed by atoms with Crippen LogP contribution in [0.4, 0.5) is 0 Å². The lowest BCUT2D eigenvalue weighted by Gasteiger charge is -2.21. The lowest BCUT2D eigenvalue weighted by atomic mass is 10.2. The number of unbranched alkanes of at least 4 members (excludes halogenated alkanes) is 1. The lowest BCUT2D eigenvalue weighted by Crippen LogP contribution is -2.34. The molecule has 0 spiro atoms. The fourth-order valence-electron chi connectivity index (χ4n) is 2.62. The summed E-state index contributed by atoms with van der Waals surface area (Å²) in [5.74, 6) is 0.771. The zero-order valence-corrected chi connectivity index (χ0v) is 14.7. The predicted molar refractivity (Wildman–Crippen MR) is 97.9 cm³/mol. The molecule has 0 radical (unpaired) electrons. The summed E-state index contributed by atoms with van der Waals surface area (Å²) in [4.78, 5) is 27.9. The number of hydrogen-bond donors (Lipinski definition) is 2. The number of carbonyl (C=O) groups excluding carboxylic acids is 1. The zero-order valence-electron chi connectivity index (χ0n) is 14.7. The second kappa shape index (κ2) is 9.84. The number of ether oxygens (including phenoxy) is 1. The van der Waals surface area contributed by atoms with Gasteiger partial charge in [0.15, 0.2) is 0 Å². The van der Waals surface area contributed by atoms with E-state index in [0.717, 1.165) is 23.7 Å². The van der Waals surface area contributed by atoms with Gasteiger partial charge in [0.25, 0.3) is 0 Å². The maximum atomic E-state index is 12.2. The van der Waals surface area contributed by atoms with Gasteiger partial charge in [-0.25, -0.2) is 0 Å². The van der Waals surface area contributed by atoms with E-state index in [2.05, 4.69) is 11.9 Å². The van der Waals surface area contributed by atoms with E-state index in [0.29, 0.717) is 38.3 Å². The summed E-state index contributed by atoms with van der Waals surface area (Å²) in [6.45, 7) is 3.60. The fourth-order valence-corrected chi connectivity index (χ4v) is 2.62. The second-order valence-electron chi connectivity index (χ2n) is 5.98. The van der Waals surface area contributed by atoms with Crippen LogP contribution in [0, 0.1) is 0 Å². The van der Waals surface area contributed by atoms with Gasteiger partial charge in [-0.1, -0.05) is 13.3 Å². The summed E-state index contributed by atoms with van der Waals surface area (Å²) in [5.41, 5.74) is 0.640. The number of aromatic amines is 1. The van der Waals surface area contributed by atoms with Crippen molar-refractivity contribution in [2.45, 2.75) is 32.6 Å².